The number of nitrogens with two attached hydrogens (primary N) is 1. The Labute approximate surface area is 121 Å². The molecule has 3 nitrogen and oxygen atoms in total. The minimum atomic E-state index is 0.673. The zero-order valence-corrected chi connectivity index (χ0v) is 12.8. The summed E-state index contributed by atoms with van der Waals surface area (Å²) in [6.07, 6.45) is 5.42. The van der Waals surface area contributed by atoms with Crippen LogP contribution in [0.5, 0.6) is 0 Å². The second-order valence-corrected chi connectivity index (χ2v) is 7.38. The van der Waals surface area contributed by atoms with E-state index in [2.05, 4.69) is 17.3 Å². The van der Waals surface area contributed by atoms with Crippen LogP contribution >= 0.6 is 22.7 Å². The normalized spacial score (nSPS) is 18.5. The van der Waals surface area contributed by atoms with Gasteiger partial charge in [-0.15, -0.1) is 22.7 Å². The van der Waals surface area contributed by atoms with Crippen LogP contribution in [0.15, 0.2) is 5.38 Å². The summed E-state index contributed by atoms with van der Waals surface area (Å²) in [5.74, 6) is 0.816. The summed E-state index contributed by atoms with van der Waals surface area (Å²) in [5, 5.41) is 4.52. The lowest BCUT2D eigenvalue weighted by Crippen LogP contribution is -2.09. The fraction of sp³-hybridized carbons (Fsp3) is 0.571. The summed E-state index contributed by atoms with van der Waals surface area (Å²) in [4.78, 5) is 10.9. The molecule has 102 valence electrons. The van der Waals surface area contributed by atoms with Gasteiger partial charge >= 0.3 is 0 Å². The molecule has 2 aromatic rings. The highest BCUT2D eigenvalue weighted by atomic mass is 32.1. The number of aryl methyl sites for hydroxylation is 1. The highest BCUT2D eigenvalue weighted by Crippen LogP contribution is 2.31. The lowest BCUT2D eigenvalue weighted by molar-refractivity contribution is 0.501. The zero-order chi connectivity index (χ0) is 13.2. The first-order valence-corrected chi connectivity index (χ1v) is 8.55. The fourth-order valence-electron chi connectivity index (χ4n) is 2.49. The van der Waals surface area contributed by atoms with E-state index in [1.807, 2.05) is 11.3 Å². The van der Waals surface area contributed by atoms with Crippen molar-refractivity contribution in [2.75, 3.05) is 6.54 Å². The Hall–Kier alpha value is -0.780. The van der Waals surface area contributed by atoms with Crippen LogP contribution < -0.4 is 5.73 Å². The van der Waals surface area contributed by atoms with Gasteiger partial charge in [-0.25, -0.2) is 9.97 Å². The molecule has 2 N–H and O–H groups in total. The van der Waals surface area contributed by atoms with Crippen molar-refractivity contribution < 1.29 is 0 Å². The van der Waals surface area contributed by atoms with Gasteiger partial charge in [-0.2, -0.15) is 0 Å². The van der Waals surface area contributed by atoms with E-state index in [1.54, 1.807) is 11.3 Å². The van der Waals surface area contributed by atoms with Gasteiger partial charge in [0.25, 0.3) is 0 Å². The molecule has 1 atom stereocenters. The molecule has 0 spiro atoms. The summed E-state index contributed by atoms with van der Waals surface area (Å²) in [6, 6.07) is 0. The van der Waals surface area contributed by atoms with Gasteiger partial charge in [-0.1, -0.05) is 6.92 Å². The van der Waals surface area contributed by atoms with Crippen molar-refractivity contribution in [2.45, 2.75) is 39.0 Å². The minimum absolute atomic E-state index is 0.673. The SMILES string of the molecule is CC1CCc2nc(Cc3nc(CCN)cs3)sc2C1. The first kappa shape index (κ1) is 13.2. The van der Waals surface area contributed by atoms with E-state index in [-0.39, 0.29) is 0 Å². The van der Waals surface area contributed by atoms with E-state index in [0.29, 0.717) is 6.54 Å². The number of nitrogens with zero attached hydrogens (tertiary/aromatic N) is 2. The van der Waals surface area contributed by atoms with Gasteiger partial charge in [0.1, 0.15) is 0 Å². The molecular formula is C14H19N3S2. The minimum Gasteiger partial charge on any atom is -0.330 e. The Morgan fingerprint density at radius 1 is 1.37 bits per heavy atom. The quantitative estimate of drug-likeness (QED) is 0.943. The van der Waals surface area contributed by atoms with E-state index in [4.69, 9.17) is 10.7 Å². The molecule has 0 amide bonds. The molecule has 0 saturated carbocycles. The Balaban J connectivity index is 1.72. The Bertz CT molecular complexity index is 559. The van der Waals surface area contributed by atoms with Gasteiger partial charge in [-0.3, -0.25) is 0 Å². The first-order chi connectivity index (χ1) is 9.24. The molecule has 2 heterocycles. The molecule has 19 heavy (non-hydrogen) atoms. The van der Waals surface area contributed by atoms with Crippen LogP contribution in [0.25, 0.3) is 0 Å². The Morgan fingerprint density at radius 2 is 2.26 bits per heavy atom. The molecule has 2 aromatic heterocycles. The van der Waals surface area contributed by atoms with Gasteiger partial charge in [0.15, 0.2) is 0 Å². The average molecular weight is 293 g/mol. The molecule has 1 unspecified atom stereocenters. The lowest BCUT2D eigenvalue weighted by atomic mass is 9.93. The number of rotatable bonds is 4. The molecule has 0 radical (unpaired) electrons. The van der Waals surface area contributed by atoms with E-state index in [0.717, 1.165) is 30.9 Å². The van der Waals surface area contributed by atoms with E-state index < -0.39 is 0 Å². The second-order valence-electron chi connectivity index (χ2n) is 5.27. The Morgan fingerprint density at radius 3 is 3.11 bits per heavy atom. The predicted octanol–water partition coefficient (Wildman–Crippen LogP) is 2.82. The largest absolute Gasteiger partial charge is 0.330 e. The van der Waals surface area contributed by atoms with E-state index in [9.17, 15) is 0 Å². The van der Waals surface area contributed by atoms with Crippen molar-refractivity contribution in [2.24, 2.45) is 11.7 Å². The molecule has 0 fully saturated rings. The molecule has 1 aliphatic rings. The van der Waals surface area contributed by atoms with Crippen molar-refractivity contribution >= 4 is 22.7 Å². The molecule has 0 aliphatic heterocycles. The average Bonchev–Trinajstić information content (AvgIpc) is 2.96. The summed E-state index contributed by atoms with van der Waals surface area (Å²) < 4.78 is 0. The van der Waals surface area contributed by atoms with Crippen LogP contribution in [0.2, 0.25) is 0 Å². The lowest BCUT2D eigenvalue weighted by Gasteiger charge is -2.15. The van der Waals surface area contributed by atoms with Crippen LogP contribution in [0.3, 0.4) is 0 Å². The van der Waals surface area contributed by atoms with Crippen molar-refractivity contribution in [1.82, 2.24) is 9.97 Å². The van der Waals surface area contributed by atoms with Crippen LogP contribution in [-0.4, -0.2) is 16.5 Å². The van der Waals surface area contributed by atoms with Crippen molar-refractivity contribution in [3.8, 4) is 0 Å². The number of thiazole rings is 2. The first-order valence-electron chi connectivity index (χ1n) is 6.85. The number of hydrogen-bond donors (Lipinski definition) is 1. The maximum Gasteiger partial charge on any atom is 0.0999 e. The van der Waals surface area contributed by atoms with Gasteiger partial charge < -0.3 is 5.73 Å². The second kappa shape index (κ2) is 5.69. The molecule has 0 saturated heterocycles. The molecule has 3 rings (SSSR count). The third kappa shape index (κ3) is 3.04. The summed E-state index contributed by atoms with van der Waals surface area (Å²) >= 11 is 3.62. The summed E-state index contributed by atoms with van der Waals surface area (Å²) in [6.45, 7) is 3.01. The van der Waals surface area contributed by atoms with Crippen LogP contribution in [-0.2, 0) is 25.7 Å². The number of hydrogen-bond acceptors (Lipinski definition) is 5. The molecule has 1 aliphatic carbocycles. The number of fused-ring (bicyclic) bond motifs is 1. The standard InChI is InChI=1S/C14H19N3S2/c1-9-2-3-11-12(6-9)19-14(17-11)7-13-16-10(4-5-15)8-18-13/h8-9H,2-7,15H2,1H3. The van der Waals surface area contributed by atoms with Crippen molar-refractivity contribution in [1.29, 1.82) is 0 Å². The maximum atomic E-state index is 5.56. The smallest absolute Gasteiger partial charge is 0.0999 e. The topological polar surface area (TPSA) is 51.8 Å². The monoisotopic (exact) mass is 293 g/mol. The summed E-state index contributed by atoms with van der Waals surface area (Å²) in [7, 11) is 0. The molecule has 5 heteroatoms. The molecule has 0 aromatic carbocycles. The highest BCUT2D eigenvalue weighted by Gasteiger charge is 2.20. The van der Waals surface area contributed by atoms with E-state index >= 15 is 0 Å². The van der Waals surface area contributed by atoms with Crippen LogP contribution in [0, 0.1) is 5.92 Å². The van der Waals surface area contributed by atoms with Crippen LogP contribution in [0.4, 0.5) is 0 Å². The number of aromatic nitrogens is 2. The van der Waals surface area contributed by atoms with Crippen molar-refractivity contribution in [3.63, 3.8) is 0 Å². The maximum absolute atomic E-state index is 5.56. The summed E-state index contributed by atoms with van der Waals surface area (Å²) in [5.41, 5.74) is 8.02. The van der Waals surface area contributed by atoms with Gasteiger partial charge in [0.2, 0.25) is 0 Å². The van der Waals surface area contributed by atoms with Gasteiger partial charge in [0, 0.05) is 16.7 Å². The van der Waals surface area contributed by atoms with E-state index in [1.165, 1.54) is 33.4 Å². The van der Waals surface area contributed by atoms with Gasteiger partial charge in [0.05, 0.1) is 27.8 Å². The predicted molar refractivity (Wildman–Crippen MR) is 81.0 cm³/mol. The Kier molecular flexibility index (Phi) is 3.96. The van der Waals surface area contributed by atoms with Gasteiger partial charge in [-0.05, 0) is 31.7 Å². The fourth-order valence-corrected chi connectivity index (χ4v) is 4.70. The third-order valence-electron chi connectivity index (χ3n) is 3.53. The van der Waals surface area contributed by atoms with Crippen LogP contribution in [0.1, 0.15) is 39.6 Å². The highest BCUT2D eigenvalue weighted by molar-refractivity contribution is 7.12. The molecular weight excluding hydrogens is 274 g/mol. The third-order valence-corrected chi connectivity index (χ3v) is 5.55. The molecule has 0 bridgehead atoms. The zero-order valence-electron chi connectivity index (χ0n) is 11.2. The van der Waals surface area contributed by atoms with Crippen molar-refractivity contribution in [3.05, 3.63) is 31.7 Å².